The molecule has 2 aromatic heterocycles. The lowest BCUT2D eigenvalue weighted by Crippen LogP contribution is -2.21. The lowest BCUT2D eigenvalue weighted by atomic mass is 9.96. The average Bonchev–Trinajstić information content (AvgIpc) is 3.35. The van der Waals surface area contributed by atoms with Crippen LogP contribution in [-0.2, 0) is 6.61 Å². The topological polar surface area (TPSA) is 70.6 Å². The van der Waals surface area contributed by atoms with Crippen LogP contribution >= 0.6 is 0 Å². The lowest BCUT2D eigenvalue weighted by molar-refractivity contribution is 0.305. The molecule has 7 nitrogen and oxygen atoms in total. The molecule has 0 fully saturated rings. The number of hydrogen-bond acceptors (Lipinski definition) is 5. The number of rotatable bonds is 9. The third-order valence-corrected chi connectivity index (χ3v) is 8.37. The Morgan fingerprint density at radius 2 is 1.70 bits per heavy atom. The van der Waals surface area contributed by atoms with Gasteiger partial charge in [-0.1, -0.05) is 38.1 Å². The van der Waals surface area contributed by atoms with Crippen LogP contribution < -0.4 is 15.0 Å². The molecule has 8 heteroatoms. The molecule has 0 N–H and O–H groups in total. The van der Waals surface area contributed by atoms with Crippen molar-refractivity contribution in [3.8, 4) is 28.6 Å². The van der Waals surface area contributed by atoms with E-state index in [1.165, 1.54) is 16.8 Å². The second-order valence-corrected chi connectivity index (χ2v) is 12.0. The largest absolute Gasteiger partial charge is 0.496 e. The fraction of sp³-hybridized carbons (Fsp3) is 0.205. The molecule has 0 aliphatic rings. The van der Waals surface area contributed by atoms with Crippen molar-refractivity contribution >= 4 is 17.1 Å². The molecule has 0 bridgehead atoms. The van der Waals surface area contributed by atoms with Crippen LogP contribution in [0.25, 0.3) is 28.0 Å². The summed E-state index contributed by atoms with van der Waals surface area (Å²) in [5.74, 6) is 1.88. The Labute approximate surface area is 273 Å². The van der Waals surface area contributed by atoms with Crippen LogP contribution in [0, 0.1) is 26.6 Å². The Morgan fingerprint density at radius 3 is 2.43 bits per heavy atom. The molecule has 47 heavy (non-hydrogen) atoms. The molecule has 2 heterocycles. The molecule has 0 spiro atoms. The van der Waals surface area contributed by atoms with Gasteiger partial charge in [0.05, 0.1) is 24.2 Å². The molecule has 0 atom stereocenters. The smallest absolute Gasteiger partial charge is 0.282 e. The standard InChI is InChI=1S/C39H37FN4O3/c1-24(2)34-21-35(25(3)18-37(34)46-6)38-42-36-13-8-7-12-33(36)39(45)44(38)41-22-29-19-26(4)43(27(29)5)31-14-16-32(17-15-31)47-23-28-10-9-11-30(40)20-28/h7-22,24H,23H2,1-6H3. The molecule has 6 rings (SSSR count). The Hall–Kier alpha value is -5.50. The van der Waals surface area contributed by atoms with E-state index in [0.29, 0.717) is 22.5 Å². The zero-order chi connectivity index (χ0) is 33.2. The third kappa shape index (κ3) is 6.31. The van der Waals surface area contributed by atoms with Crippen molar-refractivity contribution in [1.29, 1.82) is 0 Å². The number of nitrogens with zero attached hydrogens (tertiary/aromatic N) is 4. The van der Waals surface area contributed by atoms with Gasteiger partial charge in [-0.05, 0) is 110 Å². The molecule has 0 aliphatic heterocycles. The van der Waals surface area contributed by atoms with Crippen LogP contribution in [0.3, 0.4) is 0 Å². The normalized spacial score (nSPS) is 11.6. The Balaban J connectivity index is 1.36. The molecular weight excluding hydrogens is 591 g/mol. The highest BCUT2D eigenvalue weighted by Gasteiger charge is 2.19. The van der Waals surface area contributed by atoms with E-state index in [2.05, 4.69) is 24.5 Å². The number of hydrogen-bond donors (Lipinski definition) is 0. The van der Waals surface area contributed by atoms with Gasteiger partial charge in [-0.15, -0.1) is 0 Å². The monoisotopic (exact) mass is 628 g/mol. The molecule has 0 radical (unpaired) electrons. The van der Waals surface area contributed by atoms with Crippen molar-refractivity contribution in [2.45, 2.75) is 47.1 Å². The maximum absolute atomic E-state index is 13.9. The van der Waals surface area contributed by atoms with Crippen molar-refractivity contribution in [1.82, 2.24) is 14.2 Å². The summed E-state index contributed by atoms with van der Waals surface area (Å²) >= 11 is 0. The summed E-state index contributed by atoms with van der Waals surface area (Å²) in [6.07, 6.45) is 1.72. The van der Waals surface area contributed by atoms with Gasteiger partial charge in [0.1, 0.15) is 23.9 Å². The second-order valence-electron chi connectivity index (χ2n) is 12.0. The average molecular weight is 629 g/mol. The van der Waals surface area contributed by atoms with E-state index in [0.717, 1.165) is 50.6 Å². The highest BCUT2D eigenvalue weighted by atomic mass is 19.1. The molecule has 0 saturated heterocycles. The van der Waals surface area contributed by atoms with E-state index in [-0.39, 0.29) is 23.9 Å². The molecule has 0 saturated carbocycles. The number of fused-ring (bicyclic) bond motifs is 1. The third-order valence-electron chi connectivity index (χ3n) is 8.37. The summed E-state index contributed by atoms with van der Waals surface area (Å²) in [6, 6.07) is 27.6. The first-order valence-electron chi connectivity index (χ1n) is 15.6. The maximum atomic E-state index is 13.9. The predicted molar refractivity (Wildman–Crippen MR) is 186 cm³/mol. The van der Waals surface area contributed by atoms with E-state index in [4.69, 9.17) is 19.6 Å². The van der Waals surface area contributed by atoms with E-state index in [9.17, 15) is 9.18 Å². The van der Waals surface area contributed by atoms with Gasteiger partial charge in [-0.3, -0.25) is 4.79 Å². The van der Waals surface area contributed by atoms with Gasteiger partial charge in [-0.25, -0.2) is 9.37 Å². The zero-order valence-electron chi connectivity index (χ0n) is 27.4. The van der Waals surface area contributed by atoms with Crippen LogP contribution in [0.1, 0.15) is 53.4 Å². The number of aromatic nitrogens is 3. The molecule has 6 aromatic rings. The maximum Gasteiger partial charge on any atom is 0.282 e. The number of aryl methyl sites for hydroxylation is 2. The number of para-hydroxylation sites is 1. The van der Waals surface area contributed by atoms with Crippen molar-refractivity contribution in [3.63, 3.8) is 0 Å². The highest BCUT2D eigenvalue weighted by molar-refractivity contribution is 5.84. The minimum absolute atomic E-state index is 0.202. The van der Waals surface area contributed by atoms with Crippen molar-refractivity contribution < 1.29 is 13.9 Å². The first-order valence-corrected chi connectivity index (χ1v) is 15.6. The van der Waals surface area contributed by atoms with Crippen LogP contribution in [0.5, 0.6) is 11.5 Å². The van der Waals surface area contributed by atoms with Gasteiger partial charge in [0, 0.05) is 28.2 Å². The number of ether oxygens (including phenoxy) is 2. The fourth-order valence-corrected chi connectivity index (χ4v) is 5.89. The van der Waals surface area contributed by atoms with Crippen molar-refractivity contribution in [3.05, 3.63) is 141 Å². The van der Waals surface area contributed by atoms with Gasteiger partial charge in [0.25, 0.3) is 5.56 Å². The summed E-state index contributed by atoms with van der Waals surface area (Å²) in [7, 11) is 1.67. The first-order chi connectivity index (χ1) is 22.6. The van der Waals surface area contributed by atoms with E-state index >= 15 is 0 Å². The quantitative estimate of drug-likeness (QED) is 0.151. The molecule has 4 aromatic carbocycles. The van der Waals surface area contributed by atoms with Crippen LogP contribution in [0.4, 0.5) is 4.39 Å². The van der Waals surface area contributed by atoms with E-state index in [1.807, 2.05) is 81.4 Å². The van der Waals surface area contributed by atoms with Gasteiger partial charge < -0.3 is 14.0 Å². The Kier molecular flexibility index (Phi) is 8.76. The Morgan fingerprint density at radius 1 is 0.936 bits per heavy atom. The molecule has 0 aliphatic carbocycles. The summed E-state index contributed by atoms with van der Waals surface area (Å²) in [5.41, 5.74) is 7.71. The Bertz CT molecular complexity index is 2180. The number of benzene rings is 4. The summed E-state index contributed by atoms with van der Waals surface area (Å²) < 4.78 is 28.6. The molecular formula is C39H37FN4O3. The SMILES string of the molecule is COc1cc(C)c(-c2nc3ccccc3c(=O)n2N=Cc2cc(C)n(-c3ccc(OCc4cccc(F)c4)cc3)c2C)cc1C(C)C. The molecule has 0 amide bonds. The predicted octanol–water partition coefficient (Wildman–Crippen LogP) is 8.51. The van der Waals surface area contributed by atoms with Gasteiger partial charge in [0.2, 0.25) is 0 Å². The number of halogens is 1. The second kappa shape index (κ2) is 13.1. The first kappa shape index (κ1) is 31.5. The lowest BCUT2D eigenvalue weighted by Gasteiger charge is -2.17. The van der Waals surface area contributed by atoms with Crippen LogP contribution in [0.2, 0.25) is 0 Å². The van der Waals surface area contributed by atoms with Gasteiger partial charge >= 0.3 is 0 Å². The highest BCUT2D eigenvalue weighted by Crippen LogP contribution is 2.34. The summed E-state index contributed by atoms with van der Waals surface area (Å²) in [6.45, 7) is 10.5. The minimum atomic E-state index is -0.284. The van der Waals surface area contributed by atoms with Crippen LogP contribution in [0.15, 0.2) is 101 Å². The molecule has 238 valence electrons. The minimum Gasteiger partial charge on any atom is -0.496 e. The summed E-state index contributed by atoms with van der Waals surface area (Å²) in [4.78, 5) is 18.9. The van der Waals surface area contributed by atoms with Gasteiger partial charge in [-0.2, -0.15) is 9.78 Å². The number of methoxy groups -OCH3 is 1. The van der Waals surface area contributed by atoms with Crippen LogP contribution in [-0.4, -0.2) is 27.6 Å². The van der Waals surface area contributed by atoms with Crippen molar-refractivity contribution in [2.75, 3.05) is 7.11 Å². The summed E-state index contributed by atoms with van der Waals surface area (Å²) in [5, 5.41) is 5.26. The zero-order valence-corrected chi connectivity index (χ0v) is 27.4. The van der Waals surface area contributed by atoms with Crippen molar-refractivity contribution in [2.24, 2.45) is 5.10 Å². The van der Waals surface area contributed by atoms with E-state index in [1.54, 1.807) is 25.5 Å². The van der Waals surface area contributed by atoms with E-state index < -0.39 is 0 Å². The van der Waals surface area contributed by atoms with Gasteiger partial charge in [0.15, 0.2) is 5.82 Å². The molecule has 0 unspecified atom stereocenters. The fourth-order valence-electron chi connectivity index (χ4n) is 5.89.